The molecule has 2 aromatic heterocycles. The molecule has 43 heavy (non-hydrogen) atoms. The van der Waals surface area contributed by atoms with Gasteiger partial charge in [0.1, 0.15) is 41.0 Å². The van der Waals surface area contributed by atoms with Crippen molar-refractivity contribution in [3.05, 3.63) is 34.4 Å². The summed E-state index contributed by atoms with van der Waals surface area (Å²) in [5, 5.41) is 10.5. The van der Waals surface area contributed by atoms with Gasteiger partial charge in [0.05, 0.1) is 32.8 Å². The van der Waals surface area contributed by atoms with Gasteiger partial charge in [-0.3, -0.25) is 4.90 Å². The number of nitrogens with two attached hydrogens (primary N) is 1. The van der Waals surface area contributed by atoms with E-state index in [9.17, 15) is 14.0 Å². The first kappa shape index (κ1) is 27.0. The first-order chi connectivity index (χ1) is 20.8. The summed E-state index contributed by atoms with van der Waals surface area (Å²) >= 11 is 7.87. The Hall–Kier alpha value is -3.53. The predicted molar refractivity (Wildman–Crippen MR) is 159 cm³/mol. The number of hydrogen-bond donors (Lipinski definition) is 1. The quantitative estimate of drug-likeness (QED) is 0.285. The third-order valence-electron chi connectivity index (χ3n) is 9.49. The fourth-order valence-corrected chi connectivity index (χ4v) is 8.64. The minimum atomic E-state index is -0.921. The number of nitrogen functional groups attached to an aromatic ring is 1. The number of halogens is 4. The van der Waals surface area contributed by atoms with Crippen LogP contribution in [0.3, 0.4) is 0 Å². The van der Waals surface area contributed by atoms with Crippen molar-refractivity contribution in [3.63, 3.8) is 0 Å². The van der Waals surface area contributed by atoms with Gasteiger partial charge in [0.25, 0.3) is 0 Å². The lowest BCUT2D eigenvalue weighted by Crippen LogP contribution is -2.49. The largest absolute Gasteiger partial charge is 0.491 e. The highest BCUT2D eigenvalue weighted by Crippen LogP contribution is 2.51. The number of ether oxygens (including phenoxy) is 2. The third kappa shape index (κ3) is 3.90. The van der Waals surface area contributed by atoms with Crippen LogP contribution >= 0.6 is 22.9 Å². The molecule has 3 saturated heterocycles. The van der Waals surface area contributed by atoms with Crippen molar-refractivity contribution in [1.29, 1.82) is 5.26 Å². The first-order valence-corrected chi connectivity index (χ1v) is 15.5. The highest BCUT2D eigenvalue weighted by Gasteiger charge is 2.49. The van der Waals surface area contributed by atoms with Crippen LogP contribution in [0.15, 0.2) is 12.1 Å². The van der Waals surface area contributed by atoms with E-state index in [4.69, 9.17) is 31.8 Å². The second-order valence-electron chi connectivity index (χ2n) is 11.8. The van der Waals surface area contributed by atoms with Crippen LogP contribution in [0.1, 0.15) is 37.7 Å². The van der Waals surface area contributed by atoms with Gasteiger partial charge in [0, 0.05) is 42.9 Å². The summed E-state index contributed by atoms with van der Waals surface area (Å²) in [4.78, 5) is 13.5. The Morgan fingerprint density at radius 1 is 1.23 bits per heavy atom. The number of rotatable bonds is 4. The van der Waals surface area contributed by atoms with E-state index in [0.29, 0.717) is 37.2 Å². The van der Waals surface area contributed by atoms with E-state index >= 15 is 4.39 Å². The van der Waals surface area contributed by atoms with Crippen molar-refractivity contribution < 1.29 is 22.6 Å². The minimum absolute atomic E-state index is 0.0166. The number of aromatic nitrogens is 2. The van der Waals surface area contributed by atoms with Crippen molar-refractivity contribution in [2.24, 2.45) is 0 Å². The summed E-state index contributed by atoms with van der Waals surface area (Å²) in [6.07, 6.45) is 2.86. The van der Waals surface area contributed by atoms with E-state index in [2.05, 4.69) is 14.8 Å². The van der Waals surface area contributed by atoms with Crippen LogP contribution in [0.5, 0.6) is 11.8 Å². The Morgan fingerprint density at radius 3 is 2.88 bits per heavy atom. The number of benzene rings is 2. The predicted octanol–water partition coefficient (Wildman–Crippen LogP) is 6.21. The molecule has 8 rings (SSSR count). The van der Waals surface area contributed by atoms with Gasteiger partial charge in [-0.2, -0.15) is 15.2 Å². The van der Waals surface area contributed by atoms with Gasteiger partial charge in [-0.05, 0) is 37.4 Å². The summed E-state index contributed by atoms with van der Waals surface area (Å²) in [6.45, 7) is 2.44. The lowest BCUT2D eigenvalue weighted by molar-refractivity contribution is 0.107. The van der Waals surface area contributed by atoms with Crippen molar-refractivity contribution in [2.75, 3.05) is 43.5 Å². The zero-order valence-corrected chi connectivity index (χ0v) is 24.5. The maximum atomic E-state index is 16.9. The monoisotopic (exact) mass is 626 g/mol. The van der Waals surface area contributed by atoms with E-state index in [-0.39, 0.29) is 66.7 Å². The highest BCUT2D eigenvalue weighted by atomic mass is 35.5. The lowest BCUT2D eigenvalue weighted by atomic mass is 9.94. The molecule has 222 valence electrons. The van der Waals surface area contributed by atoms with Crippen LogP contribution in [0, 0.1) is 23.0 Å². The summed E-state index contributed by atoms with van der Waals surface area (Å²) in [5.41, 5.74) is 5.75. The summed E-state index contributed by atoms with van der Waals surface area (Å²) in [6, 6.07) is 4.77. The Kier molecular flexibility index (Phi) is 6.13. The summed E-state index contributed by atoms with van der Waals surface area (Å²) < 4.78 is 58.7. The standard InChI is InChI=1S/C30H26ClF3N6O2S/c31-22-20(16-2-3-18(33)26-19(16)17(11-35)27(36)43-26)23(34)24-21-25(22)41-9-5-15-4-8-40(15)28(21)38-29(37-24)42-13-30-6-1-7-39(30)12-14(32)10-30/h2-3,14-15H,1,4-10,12-13,36H2/t14-,15-,30+/m1/s1. The number of alkyl halides is 1. The molecule has 6 heterocycles. The molecular formula is C30H26ClF3N6O2S. The second-order valence-corrected chi connectivity index (χ2v) is 13.2. The fourth-order valence-electron chi connectivity index (χ4n) is 7.35. The zero-order valence-electron chi connectivity index (χ0n) is 22.9. The molecule has 0 bridgehead atoms. The topological polar surface area (TPSA) is 101 Å². The summed E-state index contributed by atoms with van der Waals surface area (Å²) in [7, 11) is 0. The van der Waals surface area contributed by atoms with Gasteiger partial charge >= 0.3 is 6.01 Å². The molecular weight excluding hydrogens is 601 g/mol. The maximum Gasteiger partial charge on any atom is 0.319 e. The molecule has 0 amide bonds. The Bertz CT molecular complexity index is 1880. The van der Waals surface area contributed by atoms with Crippen molar-refractivity contribution in [2.45, 2.75) is 49.9 Å². The van der Waals surface area contributed by atoms with Gasteiger partial charge in [-0.25, -0.2) is 13.2 Å². The second kappa shape index (κ2) is 9.74. The normalized spacial score (nSPS) is 24.7. The molecule has 2 N–H and O–H groups in total. The zero-order chi connectivity index (χ0) is 29.6. The number of hydrogen-bond acceptors (Lipinski definition) is 9. The third-order valence-corrected chi connectivity index (χ3v) is 10.9. The van der Waals surface area contributed by atoms with Crippen LogP contribution in [0.2, 0.25) is 5.02 Å². The molecule has 3 atom stereocenters. The number of nitriles is 1. The average Bonchev–Trinajstić information content (AvgIpc) is 3.61. The Labute approximate surface area is 253 Å². The Balaban J connectivity index is 1.34. The van der Waals surface area contributed by atoms with E-state index in [1.54, 1.807) is 0 Å². The molecule has 0 aliphatic carbocycles. The number of thiophene rings is 1. The van der Waals surface area contributed by atoms with Gasteiger partial charge in [-0.15, -0.1) is 11.3 Å². The van der Waals surface area contributed by atoms with Crippen LogP contribution in [-0.2, 0) is 0 Å². The highest BCUT2D eigenvalue weighted by molar-refractivity contribution is 7.23. The van der Waals surface area contributed by atoms with Gasteiger partial charge in [0.15, 0.2) is 11.6 Å². The maximum absolute atomic E-state index is 16.9. The minimum Gasteiger partial charge on any atom is -0.491 e. The molecule has 8 nitrogen and oxygen atoms in total. The molecule has 3 fully saturated rings. The Morgan fingerprint density at radius 2 is 2.09 bits per heavy atom. The molecule has 2 aromatic carbocycles. The van der Waals surface area contributed by atoms with Gasteiger partial charge in [0.2, 0.25) is 0 Å². The summed E-state index contributed by atoms with van der Waals surface area (Å²) in [5.74, 6) is -0.663. The molecule has 0 saturated carbocycles. The number of nitrogens with zero attached hydrogens (tertiary/aromatic N) is 5. The molecule has 4 aliphatic rings. The number of anilines is 2. The molecule has 0 radical (unpaired) electrons. The van der Waals surface area contributed by atoms with Gasteiger partial charge in [-0.1, -0.05) is 17.7 Å². The van der Waals surface area contributed by atoms with Crippen molar-refractivity contribution in [1.82, 2.24) is 14.9 Å². The average molecular weight is 627 g/mol. The smallest absolute Gasteiger partial charge is 0.319 e. The van der Waals surface area contributed by atoms with E-state index in [0.717, 1.165) is 43.7 Å². The molecule has 4 aliphatic heterocycles. The van der Waals surface area contributed by atoms with E-state index in [1.807, 2.05) is 6.07 Å². The van der Waals surface area contributed by atoms with Crippen molar-refractivity contribution >= 4 is 54.7 Å². The van der Waals surface area contributed by atoms with Crippen LogP contribution in [-0.4, -0.2) is 65.5 Å². The first-order valence-electron chi connectivity index (χ1n) is 14.3. The van der Waals surface area contributed by atoms with Crippen LogP contribution in [0.4, 0.5) is 24.0 Å². The molecule has 13 heteroatoms. The van der Waals surface area contributed by atoms with Crippen LogP contribution in [0.25, 0.3) is 32.1 Å². The number of fused-ring (bicyclic) bond motifs is 4. The van der Waals surface area contributed by atoms with Crippen molar-refractivity contribution in [3.8, 4) is 29.0 Å². The SMILES string of the molecule is N#Cc1c(N)sc2c(F)ccc(-c3c(Cl)c4c5c(nc(OC[C@@]67CCCN6C[C@H](F)C7)nc5c3F)N3CC[C@@H]3CCO4)c12. The molecule has 0 unspecified atom stereocenters. The van der Waals surface area contributed by atoms with E-state index < -0.39 is 23.3 Å². The van der Waals surface area contributed by atoms with E-state index in [1.165, 1.54) is 12.1 Å². The molecule has 4 aromatic rings. The van der Waals surface area contributed by atoms with Crippen LogP contribution < -0.4 is 20.1 Å². The lowest BCUT2D eigenvalue weighted by Gasteiger charge is -2.43. The van der Waals surface area contributed by atoms with Gasteiger partial charge < -0.3 is 20.1 Å². The fraction of sp³-hybridized carbons (Fsp3) is 0.433. The molecule has 0 spiro atoms.